The van der Waals surface area contributed by atoms with E-state index in [0.717, 1.165) is 0 Å². The van der Waals surface area contributed by atoms with Crippen LogP contribution in [0.15, 0.2) is 53.2 Å². The van der Waals surface area contributed by atoms with E-state index in [9.17, 15) is 30.0 Å². The lowest BCUT2D eigenvalue weighted by Gasteiger charge is -2.14. The molecule has 1 heterocycles. The largest absolute Gasteiger partial charge is 0.468 e. The second-order valence-electron chi connectivity index (χ2n) is 6.87. The van der Waals surface area contributed by atoms with E-state index in [-0.39, 0.29) is 17.8 Å². The highest BCUT2D eigenvalue weighted by Crippen LogP contribution is 2.30. The Bertz CT molecular complexity index is 1060. The van der Waals surface area contributed by atoms with Crippen LogP contribution in [0.2, 0.25) is 0 Å². The zero-order valence-electron chi connectivity index (χ0n) is 16.9. The Morgan fingerprint density at radius 2 is 1.68 bits per heavy atom. The highest BCUT2D eigenvalue weighted by atomic mass is 16.5. The summed E-state index contributed by atoms with van der Waals surface area (Å²) >= 11 is 0. The van der Waals surface area contributed by atoms with Crippen LogP contribution in [0.3, 0.4) is 0 Å². The number of aliphatic hydroxyl groups is 4. The summed E-state index contributed by atoms with van der Waals surface area (Å²) in [5.74, 6) is -0.730. The van der Waals surface area contributed by atoms with Crippen molar-refractivity contribution in [2.24, 2.45) is 4.99 Å². The Hall–Kier alpha value is -3.37. The summed E-state index contributed by atoms with van der Waals surface area (Å²) < 4.78 is 4.61. The van der Waals surface area contributed by atoms with Gasteiger partial charge in [-0.25, -0.2) is 4.99 Å². The van der Waals surface area contributed by atoms with E-state index in [1.165, 1.54) is 30.2 Å². The highest BCUT2D eigenvalue weighted by Gasteiger charge is 2.29. The summed E-state index contributed by atoms with van der Waals surface area (Å²) in [6.07, 6.45) is -1.81. The molecule has 0 fully saturated rings. The molecule has 0 saturated carbocycles. The number of rotatable bonds is 6. The van der Waals surface area contributed by atoms with Gasteiger partial charge in [0.25, 0.3) is 5.91 Å². The molecule has 4 N–H and O–H groups in total. The number of carbonyl (C=O) groups excluding carboxylic acids is 2. The minimum absolute atomic E-state index is 0.0784. The van der Waals surface area contributed by atoms with Gasteiger partial charge >= 0.3 is 5.97 Å². The van der Waals surface area contributed by atoms with Gasteiger partial charge in [0, 0.05) is 11.1 Å². The Labute approximate surface area is 178 Å². The number of nitrogens with zero attached hydrogens (tertiary/aromatic N) is 2. The minimum atomic E-state index is -1.71. The molecule has 9 heteroatoms. The molecular weight excluding hydrogens is 404 g/mol. The summed E-state index contributed by atoms with van der Waals surface area (Å²) in [6.45, 7) is 1.32. The van der Waals surface area contributed by atoms with E-state index in [2.05, 4.69) is 9.73 Å². The molecule has 0 atom stereocenters. The van der Waals surface area contributed by atoms with Gasteiger partial charge in [-0.15, -0.1) is 0 Å². The first-order chi connectivity index (χ1) is 14.7. The van der Waals surface area contributed by atoms with E-state index in [1.807, 2.05) is 0 Å². The quantitative estimate of drug-likeness (QED) is 0.308. The second-order valence-corrected chi connectivity index (χ2v) is 6.87. The SMILES string of the molecule is COC(=O)CN1C(=O)/C(=C/c2cc(C(O)O)ccc2-c2ccc(C(O)O)cc2)N=C1C. The molecule has 3 rings (SSSR count). The summed E-state index contributed by atoms with van der Waals surface area (Å²) in [7, 11) is 1.23. The van der Waals surface area contributed by atoms with Gasteiger partial charge in [0.1, 0.15) is 18.1 Å². The number of methoxy groups -OCH3 is 1. The lowest BCUT2D eigenvalue weighted by molar-refractivity contribution is -0.143. The van der Waals surface area contributed by atoms with Crippen LogP contribution in [0.4, 0.5) is 0 Å². The van der Waals surface area contributed by atoms with Crippen molar-refractivity contribution < 1.29 is 34.8 Å². The Kier molecular flexibility index (Phi) is 6.62. The fourth-order valence-corrected chi connectivity index (χ4v) is 3.15. The normalized spacial score (nSPS) is 15.2. The molecule has 1 aliphatic heterocycles. The number of hydrogen-bond donors (Lipinski definition) is 4. The molecule has 1 aliphatic rings. The zero-order chi connectivity index (χ0) is 22.7. The molecule has 0 aromatic heterocycles. The molecule has 2 aromatic carbocycles. The molecule has 0 spiro atoms. The smallest absolute Gasteiger partial charge is 0.325 e. The maximum atomic E-state index is 12.7. The fraction of sp³-hybridized carbons (Fsp3) is 0.227. The standard InChI is InChI=1S/C22H22N2O7/c1-12-23-18(20(26)24(12)11-19(25)31-2)10-16-9-15(22(29)30)7-8-17(16)13-3-5-14(6-4-13)21(27)28/h3-10,21-22,27-30H,11H2,1-2H3/b18-10-. The molecule has 0 aliphatic carbocycles. The monoisotopic (exact) mass is 426 g/mol. The van der Waals surface area contributed by atoms with Gasteiger partial charge < -0.3 is 25.2 Å². The van der Waals surface area contributed by atoms with Crippen LogP contribution in [0, 0.1) is 0 Å². The molecule has 162 valence electrons. The lowest BCUT2D eigenvalue weighted by atomic mass is 9.95. The third-order valence-corrected chi connectivity index (χ3v) is 4.84. The van der Waals surface area contributed by atoms with E-state index in [4.69, 9.17) is 0 Å². The number of amides is 1. The predicted octanol–water partition coefficient (Wildman–Crippen LogP) is 1.09. The van der Waals surface area contributed by atoms with Crippen molar-refractivity contribution in [3.05, 3.63) is 64.9 Å². The van der Waals surface area contributed by atoms with Crippen molar-refractivity contribution in [1.82, 2.24) is 4.90 Å². The van der Waals surface area contributed by atoms with Gasteiger partial charge in [-0.05, 0) is 35.8 Å². The molecule has 0 saturated heterocycles. The Morgan fingerprint density at radius 1 is 1.06 bits per heavy atom. The number of hydrogen-bond acceptors (Lipinski definition) is 8. The van der Waals surface area contributed by atoms with Crippen LogP contribution < -0.4 is 0 Å². The summed E-state index contributed by atoms with van der Waals surface area (Å²) in [4.78, 5) is 29.7. The molecule has 0 bridgehead atoms. The topological polar surface area (TPSA) is 140 Å². The first-order valence-corrected chi connectivity index (χ1v) is 9.33. The number of aliphatic imine (C=N–C) groups is 1. The number of amidine groups is 1. The number of aliphatic hydroxyl groups excluding tert-OH is 2. The van der Waals surface area contributed by atoms with Crippen molar-refractivity contribution in [1.29, 1.82) is 0 Å². The molecule has 1 amide bonds. The van der Waals surface area contributed by atoms with Crippen LogP contribution >= 0.6 is 0 Å². The van der Waals surface area contributed by atoms with E-state index in [0.29, 0.717) is 28.1 Å². The van der Waals surface area contributed by atoms with Gasteiger partial charge in [0.05, 0.1) is 7.11 Å². The van der Waals surface area contributed by atoms with E-state index >= 15 is 0 Å². The van der Waals surface area contributed by atoms with Crippen molar-refractivity contribution in [2.75, 3.05) is 13.7 Å². The first-order valence-electron chi connectivity index (χ1n) is 9.33. The number of ether oxygens (including phenoxy) is 1. The number of carbonyl (C=O) groups is 2. The Balaban J connectivity index is 2.04. The van der Waals surface area contributed by atoms with Gasteiger partial charge in [-0.2, -0.15) is 0 Å². The average molecular weight is 426 g/mol. The number of esters is 1. The summed E-state index contributed by atoms with van der Waals surface area (Å²) in [5.41, 5.74) is 2.46. The van der Waals surface area contributed by atoms with Crippen LogP contribution in [0.25, 0.3) is 17.2 Å². The van der Waals surface area contributed by atoms with Gasteiger partial charge in [-0.1, -0.05) is 36.4 Å². The van der Waals surface area contributed by atoms with Crippen LogP contribution in [-0.2, 0) is 14.3 Å². The van der Waals surface area contributed by atoms with Crippen molar-refractivity contribution >= 4 is 23.8 Å². The van der Waals surface area contributed by atoms with Gasteiger partial charge in [-0.3, -0.25) is 14.5 Å². The third kappa shape index (κ3) is 4.86. The molecule has 0 unspecified atom stereocenters. The van der Waals surface area contributed by atoms with Crippen molar-refractivity contribution in [2.45, 2.75) is 19.5 Å². The zero-order valence-corrected chi connectivity index (χ0v) is 16.9. The molecule has 31 heavy (non-hydrogen) atoms. The van der Waals surface area contributed by atoms with Gasteiger partial charge in [0.15, 0.2) is 12.6 Å². The predicted molar refractivity (Wildman–Crippen MR) is 111 cm³/mol. The first kappa shape index (κ1) is 22.3. The Morgan fingerprint density at radius 3 is 2.26 bits per heavy atom. The van der Waals surface area contributed by atoms with Crippen LogP contribution in [0.1, 0.15) is 36.2 Å². The maximum absolute atomic E-state index is 12.7. The highest BCUT2D eigenvalue weighted by molar-refractivity contribution is 6.15. The lowest BCUT2D eigenvalue weighted by Crippen LogP contribution is -2.35. The molecular formula is C22H22N2O7. The molecule has 2 aromatic rings. The number of benzene rings is 2. The van der Waals surface area contributed by atoms with Crippen LogP contribution in [-0.4, -0.2) is 56.7 Å². The van der Waals surface area contributed by atoms with E-state index < -0.39 is 24.5 Å². The molecule has 9 nitrogen and oxygen atoms in total. The average Bonchev–Trinajstić information content (AvgIpc) is 3.00. The second kappa shape index (κ2) is 9.19. The summed E-state index contributed by atoms with van der Waals surface area (Å²) in [5, 5.41) is 37.7. The van der Waals surface area contributed by atoms with Crippen molar-refractivity contribution in [3.63, 3.8) is 0 Å². The van der Waals surface area contributed by atoms with E-state index in [1.54, 1.807) is 37.3 Å². The third-order valence-electron chi connectivity index (χ3n) is 4.84. The fourth-order valence-electron chi connectivity index (χ4n) is 3.15. The van der Waals surface area contributed by atoms with Crippen molar-refractivity contribution in [3.8, 4) is 11.1 Å². The van der Waals surface area contributed by atoms with Crippen LogP contribution in [0.5, 0.6) is 0 Å². The minimum Gasteiger partial charge on any atom is -0.468 e. The maximum Gasteiger partial charge on any atom is 0.325 e. The summed E-state index contributed by atoms with van der Waals surface area (Å²) in [6, 6.07) is 11.2. The van der Waals surface area contributed by atoms with Gasteiger partial charge in [0.2, 0.25) is 0 Å². The molecule has 0 radical (unpaired) electrons.